The molecule has 2 aliphatic rings. The van der Waals surface area contributed by atoms with Crippen molar-refractivity contribution in [3.8, 4) is 0 Å². The molecule has 58 valence electrons. The Balaban J connectivity index is 2.16. The number of hydrogen-bond donors (Lipinski definition) is 1. The highest BCUT2D eigenvalue weighted by Crippen LogP contribution is 2.23. The first kappa shape index (κ1) is 6.58. The molecule has 2 heterocycles. The van der Waals surface area contributed by atoms with Gasteiger partial charge in [0.15, 0.2) is 0 Å². The second-order valence-electron chi connectivity index (χ2n) is 2.95. The Labute approximate surface area is 65.2 Å². The van der Waals surface area contributed by atoms with Crippen LogP contribution in [0.15, 0.2) is 16.8 Å². The first-order chi connectivity index (χ1) is 5.36. The summed E-state index contributed by atoms with van der Waals surface area (Å²) in [6, 6.07) is 0. The molecule has 0 spiro atoms. The Morgan fingerprint density at radius 3 is 3.45 bits per heavy atom. The molecule has 0 aromatic rings. The molecule has 1 unspecified atom stereocenters. The molecular weight excluding hydrogens is 140 g/mol. The summed E-state index contributed by atoms with van der Waals surface area (Å²) in [7, 11) is 0. The number of piperidine rings is 1. The van der Waals surface area contributed by atoms with E-state index in [-0.39, 0.29) is 5.91 Å². The van der Waals surface area contributed by atoms with Crippen LogP contribution in [0.4, 0.5) is 0 Å². The van der Waals surface area contributed by atoms with Crippen molar-refractivity contribution >= 4 is 12.1 Å². The van der Waals surface area contributed by atoms with Gasteiger partial charge in [-0.25, -0.2) is 0 Å². The number of nitrogens with zero attached hydrogens (tertiary/aromatic N) is 1. The van der Waals surface area contributed by atoms with Crippen LogP contribution >= 0.6 is 0 Å². The fourth-order valence-electron chi connectivity index (χ4n) is 1.49. The lowest BCUT2D eigenvalue weighted by Gasteiger charge is -2.25. The normalized spacial score (nSPS) is 28.9. The van der Waals surface area contributed by atoms with E-state index in [1.807, 2.05) is 12.4 Å². The van der Waals surface area contributed by atoms with Gasteiger partial charge < -0.3 is 5.32 Å². The zero-order valence-electron chi connectivity index (χ0n) is 6.21. The molecule has 0 radical (unpaired) electrons. The summed E-state index contributed by atoms with van der Waals surface area (Å²) in [6.07, 6.45) is 5.32. The SMILES string of the molecule is O=C1CC2CC=NC=C2CN1. The van der Waals surface area contributed by atoms with Gasteiger partial charge >= 0.3 is 0 Å². The van der Waals surface area contributed by atoms with Crippen molar-refractivity contribution in [2.75, 3.05) is 6.54 Å². The molecule has 1 atom stereocenters. The van der Waals surface area contributed by atoms with Crippen LogP contribution in [0.5, 0.6) is 0 Å². The Hall–Kier alpha value is -1.12. The summed E-state index contributed by atoms with van der Waals surface area (Å²) in [6.45, 7) is 0.695. The van der Waals surface area contributed by atoms with Gasteiger partial charge in [-0.15, -0.1) is 0 Å². The van der Waals surface area contributed by atoms with Crippen LogP contribution in [-0.2, 0) is 4.79 Å². The van der Waals surface area contributed by atoms with Gasteiger partial charge in [-0.1, -0.05) is 0 Å². The first-order valence-corrected chi connectivity index (χ1v) is 3.83. The maximum Gasteiger partial charge on any atom is 0.220 e. The number of amides is 1. The summed E-state index contributed by atoms with van der Waals surface area (Å²) in [5, 5.41) is 2.80. The number of hydrogen-bond acceptors (Lipinski definition) is 2. The number of aliphatic imine (C=N–C) groups is 1. The lowest BCUT2D eigenvalue weighted by molar-refractivity contribution is -0.122. The van der Waals surface area contributed by atoms with Gasteiger partial charge in [0, 0.05) is 25.4 Å². The van der Waals surface area contributed by atoms with Crippen LogP contribution in [0.3, 0.4) is 0 Å². The predicted molar refractivity (Wildman–Crippen MR) is 42.3 cm³/mol. The van der Waals surface area contributed by atoms with E-state index in [1.54, 1.807) is 0 Å². The van der Waals surface area contributed by atoms with Crippen LogP contribution in [0, 0.1) is 5.92 Å². The molecule has 1 fully saturated rings. The minimum Gasteiger partial charge on any atom is -0.352 e. The zero-order valence-corrected chi connectivity index (χ0v) is 6.21. The third-order valence-corrected chi connectivity index (χ3v) is 2.18. The van der Waals surface area contributed by atoms with Crippen molar-refractivity contribution in [2.24, 2.45) is 10.9 Å². The molecule has 1 saturated heterocycles. The van der Waals surface area contributed by atoms with E-state index < -0.39 is 0 Å². The highest BCUT2D eigenvalue weighted by Gasteiger charge is 2.23. The highest BCUT2D eigenvalue weighted by molar-refractivity contribution is 5.79. The molecule has 1 amide bonds. The minimum absolute atomic E-state index is 0.169. The maximum absolute atomic E-state index is 10.9. The Bertz CT molecular complexity index is 242. The number of fused-ring (bicyclic) bond motifs is 1. The zero-order chi connectivity index (χ0) is 7.68. The van der Waals surface area contributed by atoms with E-state index in [0.717, 1.165) is 6.42 Å². The fourth-order valence-corrected chi connectivity index (χ4v) is 1.49. The molecule has 0 aliphatic carbocycles. The summed E-state index contributed by atoms with van der Waals surface area (Å²) in [5.74, 6) is 0.601. The van der Waals surface area contributed by atoms with Gasteiger partial charge in [-0.2, -0.15) is 0 Å². The van der Waals surface area contributed by atoms with Gasteiger partial charge in [-0.3, -0.25) is 9.79 Å². The van der Waals surface area contributed by atoms with Crippen molar-refractivity contribution in [2.45, 2.75) is 12.8 Å². The number of rotatable bonds is 0. The minimum atomic E-state index is 0.169. The first-order valence-electron chi connectivity index (χ1n) is 3.83. The Kier molecular flexibility index (Phi) is 1.49. The molecule has 3 nitrogen and oxygen atoms in total. The molecular formula is C8H10N2O. The largest absolute Gasteiger partial charge is 0.352 e. The summed E-state index contributed by atoms with van der Waals surface area (Å²) in [5.41, 5.74) is 1.27. The molecule has 0 aromatic heterocycles. The molecule has 0 bridgehead atoms. The second kappa shape index (κ2) is 2.49. The van der Waals surface area contributed by atoms with E-state index in [9.17, 15) is 4.79 Å². The van der Waals surface area contributed by atoms with Crippen LogP contribution in [0.1, 0.15) is 12.8 Å². The van der Waals surface area contributed by atoms with E-state index in [4.69, 9.17) is 0 Å². The van der Waals surface area contributed by atoms with Crippen molar-refractivity contribution in [1.29, 1.82) is 0 Å². The second-order valence-corrected chi connectivity index (χ2v) is 2.95. The summed E-state index contributed by atoms with van der Waals surface area (Å²) < 4.78 is 0. The molecule has 0 aromatic carbocycles. The smallest absolute Gasteiger partial charge is 0.220 e. The van der Waals surface area contributed by atoms with Gasteiger partial charge in [0.2, 0.25) is 5.91 Å². The lowest BCUT2D eigenvalue weighted by Crippen LogP contribution is -2.36. The number of carbonyl (C=O) groups excluding carboxylic acids is 1. The Morgan fingerprint density at radius 1 is 1.64 bits per heavy atom. The number of carbonyl (C=O) groups is 1. The third-order valence-electron chi connectivity index (χ3n) is 2.18. The van der Waals surface area contributed by atoms with Crippen molar-refractivity contribution < 1.29 is 4.79 Å². The van der Waals surface area contributed by atoms with Crippen molar-refractivity contribution in [3.63, 3.8) is 0 Å². The third kappa shape index (κ3) is 1.18. The summed E-state index contributed by atoms with van der Waals surface area (Å²) in [4.78, 5) is 15.0. The number of nitrogens with one attached hydrogen (secondary N) is 1. The highest BCUT2D eigenvalue weighted by atomic mass is 16.1. The van der Waals surface area contributed by atoms with E-state index >= 15 is 0 Å². The topological polar surface area (TPSA) is 41.5 Å². The van der Waals surface area contributed by atoms with E-state index in [0.29, 0.717) is 18.9 Å². The van der Waals surface area contributed by atoms with Gasteiger partial charge in [-0.05, 0) is 17.9 Å². The molecule has 11 heavy (non-hydrogen) atoms. The van der Waals surface area contributed by atoms with Gasteiger partial charge in [0.05, 0.1) is 0 Å². The van der Waals surface area contributed by atoms with Crippen LogP contribution in [0.25, 0.3) is 0 Å². The summed E-state index contributed by atoms with van der Waals surface area (Å²) >= 11 is 0. The monoisotopic (exact) mass is 150 g/mol. The average Bonchev–Trinajstić information content (AvgIpc) is 2.04. The van der Waals surface area contributed by atoms with Crippen LogP contribution in [-0.4, -0.2) is 18.7 Å². The molecule has 0 saturated carbocycles. The average molecular weight is 150 g/mol. The predicted octanol–water partition coefficient (Wildman–Crippen LogP) is 0.481. The van der Waals surface area contributed by atoms with Gasteiger partial charge in [0.25, 0.3) is 0 Å². The van der Waals surface area contributed by atoms with E-state index in [2.05, 4.69) is 10.3 Å². The van der Waals surface area contributed by atoms with Gasteiger partial charge in [0.1, 0.15) is 0 Å². The molecule has 2 aliphatic heterocycles. The standard InChI is InChI=1S/C8H10N2O/c11-8-3-6-1-2-9-4-7(6)5-10-8/h2,4,6H,1,3,5H2,(H,10,11). The quantitative estimate of drug-likeness (QED) is 0.536. The Morgan fingerprint density at radius 2 is 2.55 bits per heavy atom. The molecule has 1 N–H and O–H groups in total. The van der Waals surface area contributed by atoms with Crippen molar-refractivity contribution in [1.82, 2.24) is 5.32 Å². The van der Waals surface area contributed by atoms with Crippen LogP contribution in [0.2, 0.25) is 0 Å². The fraction of sp³-hybridized carbons (Fsp3) is 0.500. The molecule has 2 rings (SSSR count). The molecule has 3 heteroatoms. The van der Waals surface area contributed by atoms with E-state index in [1.165, 1.54) is 5.57 Å². The lowest BCUT2D eigenvalue weighted by atomic mass is 9.89. The maximum atomic E-state index is 10.9. The van der Waals surface area contributed by atoms with Crippen LogP contribution < -0.4 is 5.32 Å². The van der Waals surface area contributed by atoms with Crippen molar-refractivity contribution in [3.05, 3.63) is 11.8 Å².